The van der Waals surface area contributed by atoms with Gasteiger partial charge in [0.15, 0.2) is 0 Å². The summed E-state index contributed by atoms with van der Waals surface area (Å²) in [7, 11) is 0. The van der Waals surface area contributed by atoms with Gasteiger partial charge >= 0.3 is 0 Å². The molecule has 1 aliphatic carbocycles. The maximum Gasteiger partial charge on any atom is 0.146 e. The van der Waals surface area contributed by atoms with Gasteiger partial charge in [0.1, 0.15) is 5.82 Å². The second-order valence-corrected chi connectivity index (χ2v) is 5.24. The summed E-state index contributed by atoms with van der Waals surface area (Å²) in [5.74, 6) is 0.519. The topological polar surface area (TPSA) is 38.9 Å². The normalized spacial score (nSPS) is 29.2. The maximum atomic E-state index is 13.7. The van der Waals surface area contributed by atoms with Gasteiger partial charge in [-0.25, -0.2) is 4.39 Å². The smallest absolute Gasteiger partial charge is 0.146 e. The molecule has 0 radical (unpaired) electrons. The van der Waals surface area contributed by atoms with Crippen LogP contribution in [0.3, 0.4) is 0 Å². The van der Waals surface area contributed by atoms with Crippen LogP contribution in [0.1, 0.15) is 51.0 Å². The number of hydrogen-bond donors (Lipinski definition) is 1. The first-order chi connectivity index (χ1) is 8.15. The number of hydrogen-bond acceptors (Lipinski definition) is 2. The van der Waals surface area contributed by atoms with E-state index in [1.165, 1.54) is 19.0 Å². The first-order valence-electron chi connectivity index (χ1n) is 6.54. The third kappa shape index (κ3) is 2.65. The van der Waals surface area contributed by atoms with Crippen LogP contribution in [0, 0.1) is 11.7 Å². The summed E-state index contributed by atoms with van der Waals surface area (Å²) in [5, 5.41) is 0. The molecule has 2 rings (SSSR count). The predicted octanol–water partition coefficient (Wildman–Crippen LogP) is 3.37. The van der Waals surface area contributed by atoms with Crippen molar-refractivity contribution in [3.63, 3.8) is 0 Å². The van der Waals surface area contributed by atoms with Gasteiger partial charge in [-0.05, 0) is 37.7 Å². The molecule has 3 heteroatoms. The maximum absolute atomic E-state index is 13.7. The average molecular weight is 236 g/mol. The summed E-state index contributed by atoms with van der Waals surface area (Å²) >= 11 is 0. The van der Waals surface area contributed by atoms with E-state index in [4.69, 9.17) is 5.73 Å². The van der Waals surface area contributed by atoms with E-state index in [0.717, 1.165) is 31.6 Å². The van der Waals surface area contributed by atoms with Crippen molar-refractivity contribution in [3.05, 3.63) is 29.8 Å². The molecule has 94 valence electrons. The van der Waals surface area contributed by atoms with E-state index in [-0.39, 0.29) is 5.82 Å². The molecule has 2 N–H and O–H groups in total. The Morgan fingerprint density at radius 3 is 2.76 bits per heavy atom. The molecule has 0 bridgehead atoms. The summed E-state index contributed by atoms with van der Waals surface area (Å²) in [6, 6.07) is 1.73. The van der Waals surface area contributed by atoms with Crippen LogP contribution in [0.15, 0.2) is 18.5 Å². The molecular weight excluding hydrogens is 215 g/mol. The average Bonchev–Trinajstić information content (AvgIpc) is 2.33. The Hall–Kier alpha value is -0.960. The fourth-order valence-electron chi connectivity index (χ4n) is 2.94. The van der Waals surface area contributed by atoms with E-state index in [9.17, 15) is 4.39 Å². The Balaban J connectivity index is 2.10. The summed E-state index contributed by atoms with van der Waals surface area (Å²) in [6.07, 6.45) is 9.41. The predicted molar refractivity (Wildman–Crippen MR) is 66.9 cm³/mol. The molecule has 1 fully saturated rings. The van der Waals surface area contributed by atoms with E-state index in [1.807, 2.05) is 0 Å². The molecule has 1 aliphatic rings. The van der Waals surface area contributed by atoms with Crippen LogP contribution < -0.4 is 5.73 Å². The molecule has 1 saturated carbocycles. The molecule has 0 aromatic carbocycles. The minimum Gasteiger partial charge on any atom is -0.321 e. The van der Waals surface area contributed by atoms with Gasteiger partial charge < -0.3 is 5.73 Å². The summed E-state index contributed by atoms with van der Waals surface area (Å²) in [6.45, 7) is 2.22. The Morgan fingerprint density at radius 1 is 1.47 bits per heavy atom. The number of rotatable bonds is 3. The summed E-state index contributed by atoms with van der Waals surface area (Å²) in [4.78, 5) is 3.78. The van der Waals surface area contributed by atoms with Crippen LogP contribution in [0.2, 0.25) is 0 Å². The summed E-state index contributed by atoms with van der Waals surface area (Å²) < 4.78 is 13.7. The fourth-order valence-corrected chi connectivity index (χ4v) is 2.94. The SMILES string of the molecule is CCCC1CCC(N)(c2ccncc2F)CC1. The second kappa shape index (κ2) is 5.13. The van der Waals surface area contributed by atoms with Gasteiger partial charge in [0, 0.05) is 17.3 Å². The molecule has 1 heterocycles. The first kappa shape index (κ1) is 12.5. The molecule has 17 heavy (non-hydrogen) atoms. The van der Waals surface area contributed by atoms with Gasteiger partial charge in [-0.15, -0.1) is 0 Å². The van der Waals surface area contributed by atoms with Crippen LogP contribution in [0.25, 0.3) is 0 Å². The third-order valence-corrected chi connectivity index (χ3v) is 4.00. The Bertz CT molecular complexity index is 370. The zero-order valence-electron chi connectivity index (χ0n) is 10.5. The van der Waals surface area contributed by atoms with Gasteiger partial charge in [0.25, 0.3) is 0 Å². The van der Waals surface area contributed by atoms with Crippen molar-refractivity contribution in [2.24, 2.45) is 11.7 Å². The highest BCUT2D eigenvalue weighted by molar-refractivity contribution is 5.23. The molecule has 1 aromatic rings. The van der Waals surface area contributed by atoms with Crippen LogP contribution in [0.4, 0.5) is 4.39 Å². The van der Waals surface area contributed by atoms with Gasteiger partial charge in [-0.1, -0.05) is 19.8 Å². The van der Waals surface area contributed by atoms with E-state index in [1.54, 1.807) is 12.3 Å². The lowest BCUT2D eigenvalue weighted by Gasteiger charge is -2.37. The number of aromatic nitrogens is 1. The van der Waals surface area contributed by atoms with Gasteiger partial charge in [0.2, 0.25) is 0 Å². The Labute approximate surface area is 102 Å². The van der Waals surface area contributed by atoms with Crippen molar-refractivity contribution in [2.75, 3.05) is 0 Å². The molecule has 0 spiro atoms. The number of halogens is 1. The standard InChI is InChI=1S/C14H21FN2/c1-2-3-11-4-7-14(16,8-5-11)12-6-9-17-10-13(12)15/h6,9-11H,2-5,7-8,16H2,1H3. The highest BCUT2D eigenvalue weighted by atomic mass is 19.1. The van der Waals surface area contributed by atoms with Crippen molar-refractivity contribution >= 4 is 0 Å². The van der Waals surface area contributed by atoms with Crippen LogP contribution >= 0.6 is 0 Å². The fraction of sp³-hybridized carbons (Fsp3) is 0.643. The molecule has 1 aromatic heterocycles. The number of pyridine rings is 1. The van der Waals surface area contributed by atoms with Gasteiger partial charge in [0.05, 0.1) is 6.20 Å². The van der Waals surface area contributed by atoms with Crippen molar-refractivity contribution in [2.45, 2.75) is 51.0 Å². The monoisotopic (exact) mass is 236 g/mol. The molecule has 2 nitrogen and oxygen atoms in total. The molecule has 0 aliphatic heterocycles. The third-order valence-electron chi connectivity index (χ3n) is 4.00. The van der Waals surface area contributed by atoms with Crippen LogP contribution in [0.5, 0.6) is 0 Å². The van der Waals surface area contributed by atoms with Gasteiger partial charge in [-0.3, -0.25) is 4.98 Å². The van der Waals surface area contributed by atoms with E-state index >= 15 is 0 Å². The van der Waals surface area contributed by atoms with Crippen molar-refractivity contribution in [1.29, 1.82) is 0 Å². The molecule has 0 saturated heterocycles. The van der Waals surface area contributed by atoms with Crippen molar-refractivity contribution in [3.8, 4) is 0 Å². The number of nitrogens with two attached hydrogens (primary N) is 1. The van der Waals surface area contributed by atoms with Crippen LogP contribution in [-0.2, 0) is 5.54 Å². The Morgan fingerprint density at radius 2 is 2.18 bits per heavy atom. The van der Waals surface area contributed by atoms with E-state index in [2.05, 4.69) is 11.9 Å². The second-order valence-electron chi connectivity index (χ2n) is 5.24. The summed E-state index contributed by atoms with van der Waals surface area (Å²) in [5.41, 5.74) is 6.54. The highest BCUT2D eigenvalue weighted by Crippen LogP contribution is 2.39. The van der Waals surface area contributed by atoms with Crippen molar-refractivity contribution in [1.82, 2.24) is 4.98 Å². The number of nitrogens with zero attached hydrogens (tertiary/aromatic N) is 1. The zero-order chi connectivity index (χ0) is 12.3. The zero-order valence-corrected chi connectivity index (χ0v) is 10.5. The largest absolute Gasteiger partial charge is 0.321 e. The molecule has 0 amide bonds. The lowest BCUT2D eigenvalue weighted by molar-refractivity contribution is 0.221. The Kier molecular flexibility index (Phi) is 3.77. The van der Waals surface area contributed by atoms with E-state index in [0.29, 0.717) is 5.56 Å². The molecule has 0 atom stereocenters. The van der Waals surface area contributed by atoms with Gasteiger partial charge in [-0.2, -0.15) is 0 Å². The minimum atomic E-state index is -0.475. The lowest BCUT2D eigenvalue weighted by Crippen LogP contribution is -2.41. The quantitative estimate of drug-likeness (QED) is 0.874. The highest BCUT2D eigenvalue weighted by Gasteiger charge is 2.34. The van der Waals surface area contributed by atoms with Crippen molar-refractivity contribution < 1.29 is 4.39 Å². The molecular formula is C14H21FN2. The first-order valence-corrected chi connectivity index (χ1v) is 6.54. The lowest BCUT2D eigenvalue weighted by atomic mass is 9.72. The van der Waals surface area contributed by atoms with Crippen LogP contribution in [-0.4, -0.2) is 4.98 Å². The molecule has 0 unspecified atom stereocenters. The van der Waals surface area contributed by atoms with E-state index < -0.39 is 5.54 Å². The minimum absolute atomic E-state index is 0.260.